The second kappa shape index (κ2) is 22.5. The van der Waals surface area contributed by atoms with Gasteiger partial charge in [0.05, 0.1) is 38.4 Å². The molecule has 2 saturated heterocycles. The van der Waals surface area contributed by atoms with Crippen LogP contribution in [0.25, 0.3) is 0 Å². The molecule has 0 aromatic carbocycles. The summed E-state index contributed by atoms with van der Waals surface area (Å²) < 4.78 is 19.9. The zero-order valence-corrected chi connectivity index (χ0v) is 27.6. The molecule has 0 spiro atoms. The van der Waals surface area contributed by atoms with E-state index in [0.29, 0.717) is 0 Å². The van der Waals surface area contributed by atoms with Crippen LogP contribution in [0, 0.1) is 0 Å². The van der Waals surface area contributed by atoms with Gasteiger partial charge < -0.3 is 120 Å². The maximum absolute atomic E-state index is 10.6. The van der Waals surface area contributed by atoms with E-state index in [1.165, 1.54) is 0 Å². The Morgan fingerprint density at radius 3 is 1.06 bits per heavy atom. The molecule has 284 valence electrons. The summed E-state index contributed by atoms with van der Waals surface area (Å²) in [6.07, 6.45) is -34.5. The van der Waals surface area contributed by atoms with Crippen LogP contribution < -0.4 is 10.2 Å². The molecule has 0 amide bonds. The van der Waals surface area contributed by atoms with Crippen LogP contribution in [0.5, 0.6) is 0 Å². The predicted molar refractivity (Wildman–Crippen MR) is 143 cm³/mol. The van der Waals surface area contributed by atoms with Gasteiger partial charge in [0.15, 0.2) is 12.6 Å². The van der Waals surface area contributed by atoms with Crippen molar-refractivity contribution in [3.05, 3.63) is 0 Å². The molecule has 2 heterocycles. The second-order valence-corrected chi connectivity index (χ2v) is 10.6. The molecule has 2 aliphatic rings. The Kier molecular flexibility index (Phi) is 22.2. The fraction of sp³-hybridized carbons (Fsp3) is 0.917. The number of aliphatic hydroxyl groups excluding tert-OH is 16. The molecular weight excluding hydrogens is 712 g/mol. The number of ether oxygens (including phenoxy) is 4. The number of aliphatic hydroxyl groups is 16. The third kappa shape index (κ3) is 12.8. The SMILES string of the molecule is O=C([O-])C(O)C(O)C(OC1OC(CO)C(O)C(O)C1O)C(O)CO.O=C([O-])C(O)C(O)C(OC1OC(CO)C(O)C(O)C1O)C(O)CO.[Ca+2]. The van der Waals surface area contributed by atoms with Gasteiger partial charge >= 0.3 is 37.7 Å². The summed E-state index contributed by atoms with van der Waals surface area (Å²) >= 11 is 0. The van der Waals surface area contributed by atoms with Crippen molar-refractivity contribution in [2.45, 2.75) is 110 Å². The van der Waals surface area contributed by atoms with Gasteiger partial charge in [-0.05, 0) is 0 Å². The van der Waals surface area contributed by atoms with Crippen molar-refractivity contribution < 1.29 is 120 Å². The van der Waals surface area contributed by atoms with Gasteiger partial charge in [0.25, 0.3) is 0 Å². The van der Waals surface area contributed by atoms with Crippen molar-refractivity contribution in [3.8, 4) is 0 Å². The van der Waals surface area contributed by atoms with E-state index in [1.54, 1.807) is 0 Å². The number of carboxylic acids is 2. The van der Waals surface area contributed by atoms with Gasteiger partial charge in [0.2, 0.25) is 0 Å². The maximum atomic E-state index is 10.6. The number of hydrogen-bond acceptors (Lipinski definition) is 24. The number of carbonyl (C=O) groups excluding carboxylic acids is 2. The Morgan fingerprint density at radius 1 is 0.551 bits per heavy atom. The minimum Gasteiger partial charge on any atom is -0.547 e. The fourth-order valence-electron chi connectivity index (χ4n) is 4.31. The summed E-state index contributed by atoms with van der Waals surface area (Å²) in [4.78, 5) is 21.2. The third-order valence-electron chi connectivity index (χ3n) is 7.22. The van der Waals surface area contributed by atoms with E-state index in [-0.39, 0.29) is 37.7 Å². The summed E-state index contributed by atoms with van der Waals surface area (Å²) in [7, 11) is 0. The smallest absolute Gasteiger partial charge is 0.547 e. The normalized spacial score (nSPS) is 35.2. The molecule has 2 fully saturated rings. The Bertz CT molecular complexity index is 888. The van der Waals surface area contributed by atoms with E-state index in [4.69, 9.17) is 39.4 Å². The van der Waals surface area contributed by atoms with Crippen LogP contribution in [0.15, 0.2) is 0 Å². The molecule has 0 aromatic rings. The molecule has 0 saturated carbocycles. The van der Waals surface area contributed by atoms with Crippen LogP contribution >= 0.6 is 0 Å². The van der Waals surface area contributed by atoms with Gasteiger partial charge in [-0.1, -0.05) is 0 Å². The molecular formula is C24H42CaO24. The van der Waals surface area contributed by atoms with Crippen molar-refractivity contribution in [3.63, 3.8) is 0 Å². The van der Waals surface area contributed by atoms with Crippen LogP contribution in [-0.2, 0) is 28.5 Å². The van der Waals surface area contributed by atoms with E-state index in [2.05, 4.69) is 0 Å². The summed E-state index contributed by atoms with van der Waals surface area (Å²) in [5, 5.41) is 173. The van der Waals surface area contributed by atoms with Gasteiger partial charge in [-0.25, -0.2) is 0 Å². The molecule has 24 nitrogen and oxygen atoms in total. The maximum Gasteiger partial charge on any atom is 2.00 e. The zero-order valence-electron chi connectivity index (χ0n) is 25.3. The first-order valence-corrected chi connectivity index (χ1v) is 13.9. The van der Waals surface area contributed by atoms with Gasteiger partial charge in [-0.2, -0.15) is 0 Å². The van der Waals surface area contributed by atoms with Crippen molar-refractivity contribution in [2.24, 2.45) is 0 Å². The summed E-state index contributed by atoms with van der Waals surface area (Å²) in [5.74, 6) is -4.18. The molecule has 49 heavy (non-hydrogen) atoms. The van der Waals surface area contributed by atoms with E-state index < -0.39 is 149 Å². The van der Waals surface area contributed by atoms with Gasteiger partial charge in [-0.15, -0.1) is 0 Å². The number of carboxylic acid groups (broad SMARTS) is 2. The molecule has 0 radical (unpaired) electrons. The molecule has 2 aliphatic heterocycles. The molecule has 0 bridgehead atoms. The second-order valence-electron chi connectivity index (χ2n) is 10.6. The molecule has 18 atom stereocenters. The van der Waals surface area contributed by atoms with E-state index >= 15 is 0 Å². The fourth-order valence-corrected chi connectivity index (χ4v) is 4.31. The first-order valence-electron chi connectivity index (χ1n) is 13.9. The van der Waals surface area contributed by atoms with Gasteiger partial charge in [0, 0.05) is 0 Å². The number of carbonyl (C=O) groups is 2. The Labute approximate surface area is 305 Å². The number of hydrogen-bond donors (Lipinski definition) is 16. The molecule has 25 heteroatoms. The van der Waals surface area contributed by atoms with Crippen molar-refractivity contribution in [2.75, 3.05) is 26.4 Å². The van der Waals surface area contributed by atoms with Crippen LogP contribution in [0.2, 0.25) is 0 Å². The molecule has 2 rings (SSSR count). The molecule has 18 unspecified atom stereocenters. The average molecular weight is 755 g/mol. The molecule has 16 N–H and O–H groups in total. The van der Waals surface area contributed by atoms with Crippen molar-refractivity contribution in [1.82, 2.24) is 0 Å². The van der Waals surface area contributed by atoms with Crippen LogP contribution in [0.3, 0.4) is 0 Å². The molecule has 0 aliphatic carbocycles. The zero-order chi connectivity index (χ0) is 37.2. The Morgan fingerprint density at radius 2 is 0.837 bits per heavy atom. The van der Waals surface area contributed by atoms with Crippen LogP contribution in [0.4, 0.5) is 0 Å². The first-order chi connectivity index (χ1) is 22.3. The van der Waals surface area contributed by atoms with Crippen LogP contribution in [-0.4, -0.2) is 268 Å². The predicted octanol–water partition coefficient (Wildman–Crippen LogP) is -14.4. The number of rotatable bonds is 16. The molecule has 0 aromatic heterocycles. The topological polar surface area (TPSA) is 441 Å². The average Bonchev–Trinajstić information content (AvgIpc) is 3.07. The summed E-state index contributed by atoms with van der Waals surface area (Å²) in [6.45, 7) is -3.58. The van der Waals surface area contributed by atoms with Crippen molar-refractivity contribution >= 4 is 49.7 Å². The van der Waals surface area contributed by atoms with Gasteiger partial charge in [-0.3, -0.25) is 0 Å². The van der Waals surface area contributed by atoms with E-state index in [9.17, 15) is 81.1 Å². The Hall–Kier alpha value is -0.600. The van der Waals surface area contributed by atoms with Gasteiger partial charge in [0.1, 0.15) is 97.7 Å². The minimum absolute atomic E-state index is 0. The monoisotopic (exact) mass is 754 g/mol. The quantitative estimate of drug-likeness (QED) is 0.0650. The third-order valence-corrected chi connectivity index (χ3v) is 7.22. The number of aliphatic carboxylic acids is 2. The standard InChI is InChI=1S/2C12H22O12.Ca/c2*13-1-3(15)10(7(18)8(19)11(21)22)24-12-9(20)6(17)5(16)4(2-14)23-12;/h2*3-10,12-20H,1-2H2,(H,21,22);/q;;+2/p-2. The minimum atomic E-state index is -2.50. The van der Waals surface area contributed by atoms with E-state index in [0.717, 1.165) is 0 Å². The van der Waals surface area contributed by atoms with E-state index in [1.807, 2.05) is 0 Å². The summed E-state index contributed by atoms with van der Waals surface area (Å²) in [6, 6.07) is 0. The first kappa shape index (κ1) is 48.4. The van der Waals surface area contributed by atoms with Crippen LogP contribution in [0.1, 0.15) is 0 Å². The largest absolute Gasteiger partial charge is 2.00 e. The summed E-state index contributed by atoms with van der Waals surface area (Å²) in [5.41, 5.74) is 0. The Balaban J connectivity index is 0.000000922. The van der Waals surface area contributed by atoms with Crippen molar-refractivity contribution in [1.29, 1.82) is 0 Å².